The molecule has 0 aromatic carbocycles. The van der Waals surface area contributed by atoms with Crippen LogP contribution in [0.15, 0.2) is 0 Å². The van der Waals surface area contributed by atoms with E-state index in [0.29, 0.717) is 0 Å². The molecule has 0 rings (SSSR count). The summed E-state index contributed by atoms with van der Waals surface area (Å²) in [7, 11) is 0. The van der Waals surface area contributed by atoms with Gasteiger partial charge in [-0.05, 0) is 48.3 Å². The van der Waals surface area contributed by atoms with Crippen LogP contribution in [0.5, 0.6) is 0 Å². The van der Waals surface area contributed by atoms with E-state index in [2.05, 4.69) is 55.4 Å². The highest BCUT2D eigenvalue weighted by Gasteiger charge is 2.21. The molecule has 0 amide bonds. The summed E-state index contributed by atoms with van der Waals surface area (Å²) in [5.74, 6) is 5.14. The third-order valence-electron chi connectivity index (χ3n) is 4.57. The van der Waals surface area contributed by atoms with E-state index in [-0.39, 0.29) is 0 Å². The molecule has 0 N–H and O–H groups in total. The minimum absolute atomic E-state index is 0.829. The first kappa shape index (κ1) is 16.0. The van der Waals surface area contributed by atoms with Gasteiger partial charge in [-0.2, -0.15) is 0 Å². The molecule has 0 heteroatoms. The van der Waals surface area contributed by atoms with Crippen LogP contribution < -0.4 is 0 Å². The van der Waals surface area contributed by atoms with Gasteiger partial charge in [0, 0.05) is 0 Å². The first-order chi connectivity index (χ1) is 7.25. The molecule has 0 radical (unpaired) electrons. The molecule has 0 saturated heterocycles. The topological polar surface area (TPSA) is 0 Å². The van der Waals surface area contributed by atoms with Crippen molar-refractivity contribution in [2.24, 2.45) is 35.5 Å². The second-order valence-electron chi connectivity index (χ2n) is 6.92. The summed E-state index contributed by atoms with van der Waals surface area (Å²) in [5.41, 5.74) is 0. The van der Waals surface area contributed by atoms with E-state index < -0.39 is 0 Å². The Morgan fingerprint density at radius 1 is 0.500 bits per heavy atom. The second-order valence-corrected chi connectivity index (χ2v) is 6.92. The Kier molecular flexibility index (Phi) is 7.35. The van der Waals surface area contributed by atoms with Crippen molar-refractivity contribution in [3.05, 3.63) is 0 Å². The minimum Gasteiger partial charge on any atom is -0.0625 e. The zero-order valence-corrected chi connectivity index (χ0v) is 12.9. The van der Waals surface area contributed by atoms with Crippen molar-refractivity contribution in [1.82, 2.24) is 0 Å². The van der Waals surface area contributed by atoms with Crippen LogP contribution >= 0.6 is 0 Å². The minimum atomic E-state index is 0.829. The van der Waals surface area contributed by atoms with Crippen LogP contribution in [-0.4, -0.2) is 0 Å². The molecule has 0 spiro atoms. The quantitative estimate of drug-likeness (QED) is 0.528. The molecular weight excluding hydrogens is 192 g/mol. The van der Waals surface area contributed by atoms with E-state index in [1.807, 2.05) is 0 Å². The molecule has 0 aliphatic rings. The Bertz CT molecular complexity index is 151. The van der Waals surface area contributed by atoms with Crippen LogP contribution in [0.1, 0.15) is 68.2 Å². The van der Waals surface area contributed by atoms with Gasteiger partial charge >= 0.3 is 0 Å². The highest BCUT2D eigenvalue weighted by atomic mass is 14.3. The SMILES string of the molecule is CC(C)C(C)CC(CC(C)C(C)C)C(C)C. The molecule has 0 bridgehead atoms. The van der Waals surface area contributed by atoms with Crippen LogP contribution in [-0.2, 0) is 0 Å². The number of hydrogen-bond acceptors (Lipinski definition) is 0. The highest BCUT2D eigenvalue weighted by Crippen LogP contribution is 2.31. The first-order valence-corrected chi connectivity index (χ1v) is 7.25. The summed E-state index contributed by atoms with van der Waals surface area (Å²) in [5, 5.41) is 0. The maximum atomic E-state index is 2.42. The zero-order chi connectivity index (χ0) is 12.9. The Balaban J connectivity index is 4.28. The van der Waals surface area contributed by atoms with Crippen molar-refractivity contribution in [2.75, 3.05) is 0 Å². The third-order valence-corrected chi connectivity index (χ3v) is 4.57. The summed E-state index contributed by atoms with van der Waals surface area (Å²) in [4.78, 5) is 0. The van der Waals surface area contributed by atoms with Gasteiger partial charge in [0.2, 0.25) is 0 Å². The Morgan fingerprint density at radius 3 is 1.00 bits per heavy atom. The molecule has 0 fully saturated rings. The maximum absolute atomic E-state index is 2.42. The molecule has 0 nitrogen and oxygen atoms in total. The van der Waals surface area contributed by atoms with Gasteiger partial charge in [0.25, 0.3) is 0 Å². The molecule has 0 heterocycles. The van der Waals surface area contributed by atoms with Crippen LogP contribution in [0.3, 0.4) is 0 Å². The zero-order valence-electron chi connectivity index (χ0n) is 12.9. The first-order valence-electron chi connectivity index (χ1n) is 7.25. The van der Waals surface area contributed by atoms with Gasteiger partial charge in [-0.15, -0.1) is 0 Å². The van der Waals surface area contributed by atoms with E-state index in [1.165, 1.54) is 12.8 Å². The van der Waals surface area contributed by atoms with Crippen molar-refractivity contribution in [3.63, 3.8) is 0 Å². The lowest BCUT2D eigenvalue weighted by Crippen LogP contribution is -2.20. The van der Waals surface area contributed by atoms with E-state index in [1.54, 1.807) is 0 Å². The van der Waals surface area contributed by atoms with Crippen molar-refractivity contribution in [1.29, 1.82) is 0 Å². The Labute approximate surface area is 104 Å². The van der Waals surface area contributed by atoms with Crippen LogP contribution in [0, 0.1) is 35.5 Å². The Morgan fingerprint density at radius 2 is 0.812 bits per heavy atom. The van der Waals surface area contributed by atoms with Crippen molar-refractivity contribution in [3.8, 4) is 0 Å². The standard InChI is InChI=1S/C16H34/c1-11(2)14(7)9-16(13(5)6)10-15(8)12(3)4/h11-16H,9-10H2,1-8H3. The monoisotopic (exact) mass is 226 g/mol. The van der Waals surface area contributed by atoms with Gasteiger partial charge in [-0.1, -0.05) is 55.4 Å². The fourth-order valence-corrected chi connectivity index (χ4v) is 2.14. The fourth-order valence-electron chi connectivity index (χ4n) is 2.14. The maximum Gasteiger partial charge on any atom is -0.0386 e. The summed E-state index contributed by atoms with van der Waals surface area (Å²) < 4.78 is 0. The number of hydrogen-bond donors (Lipinski definition) is 0. The summed E-state index contributed by atoms with van der Waals surface area (Å²) in [6.45, 7) is 19.0. The van der Waals surface area contributed by atoms with Crippen molar-refractivity contribution >= 4 is 0 Å². The molecule has 0 aromatic heterocycles. The Hall–Kier alpha value is 0. The van der Waals surface area contributed by atoms with Crippen molar-refractivity contribution in [2.45, 2.75) is 68.2 Å². The van der Waals surface area contributed by atoms with Crippen molar-refractivity contribution < 1.29 is 0 Å². The fraction of sp³-hybridized carbons (Fsp3) is 1.00. The predicted molar refractivity (Wildman–Crippen MR) is 75.6 cm³/mol. The van der Waals surface area contributed by atoms with Gasteiger partial charge in [0.15, 0.2) is 0 Å². The molecule has 2 atom stereocenters. The van der Waals surface area contributed by atoms with Gasteiger partial charge in [0.1, 0.15) is 0 Å². The van der Waals surface area contributed by atoms with E-state index in [0.717, 1.165) is 35.5 Å². The van der Waals surface area contributed by atoms with E-state index in [9.17, 15) is 0 Å². The smallest absolute Gasteiger partial charge is 0.0386 e. The van der Waals surface area contributed by atoms with Gasteiger partial charge in [0.05, 0.1) is 0 Å². The molecule has 0 aromatic rings. The average Bonchev–Trinajstić information content (AvgIpc) is 2.15. The molecule has 16 heavy (non-hydrogen) atoms. The molecule has 98 valence electrons. The van der Waals surface area contributed by atoms with Gasteiger partial charge in [-0.3, -0.25) is 0 Å². The number of rotatable bonds is 7. The molecule has 2 unspecified atom stereocenters. The largest absolute Gasteiger partial charge is 0.0625 e. The lowest BCUT2D eigenvalue weighted by Gasteiger charge is -2.30. The van der Waals surface area contributed by atoms with E-state index in [4.69, 9.17) is 0 Å². The molecule has 0 aliphatic heterocycles. The lowest BCUT2D eigenvalue weighted by molar-refractivity contribution is 0.209. The average molecular weight is 226 g/mol. The summed E-state index contributed by atoms with van der Waals surface area (Å²) in [6, 6.07) is 0. The highest BCUT2D eigenvalue weighted by molar-refractivity contribution is 4.72. The van der Waals surface area contributed by atoms with Crippen LogP contribution in [0.4, 0.5) is 0 Å². The lowest BCUT2D eigenvalue weighted by atomic mass is 9.76. The predicted octanol–water partition coefficient (Wildman–Crippen LogP) is 5.62. The van der Waals surface area contributed by atoms with Gasteiger partial charge < -0.3 is 0 Å². The van der Waals surface area contributed by atoms with Crippen LogP contribution in [0.2, 0.25) is 0 Å². The third kappa shape index (κ3) is 5.92. The van der Waals surface area contributed by atoms with Gasteiger partial charge in [-0.25, -0.2) is 0 Å². The summed E-state index contributed by atoms with van der Waals surface area (Å²) in [6.07, 6.45) is 2.82. The normalized spacial score (nSPS) is 18.2. The summed E-state index contributed by atoms with van der Waals surface area (Å²) >= 11 is 0. The molecule has 0 saturated carbocycles. The van der Waals surface area contributed by atoms with Crippen LogP contribution in [0.25, 0.3) is 0 Å². The second kappa shape index (κ2) is 7.35. The molecule has 0 aliphatic carbocycles. The van der Waals surface area contributed by atoms with E-state index >= 15 is 0 Å². The molecular formula is C16H34.